The second kappa shape index (κ2) is 6.03. The lowest BCUT2D eigenvalue weighted by molar-refractivity contribution is -0.144. The monoisotopic (exact) mass is 279 g/mol. The van der Waals surface area contributed by atoms with Crippen molar-refractivity contribution in [3.05, 3.63) is 35.1 Å². The second-order valence-corrected chi connectivity index (χ2v) is 4.95. The first kappa shape index (κ1) is 14.5. The van der Waals surface area contributed by atoms with Crippen molar-refractivity contribution in [2.45, 2.75) is 32.7 Å². The van der Waals surface area contributed by atoms with Crippen LogP contribution >= 0.6 is 0 Å². The fourth-order valence-corrected chi connectivity index (χ4v) is 2.06. The zero-order valence-electron chi connectivity index (χ0n) is 11.7. The molecular formula is C15H18FNO3. The molecule has 0 N–H and O–H groups in total. The molecule has 1 aromatic carbocycles. The molecule has 0 radical (unpaired) electrons. The van der Waals surface area contributed by atoms with E-state index in [1.807, 2.05) is 0 Å². The van der Waals surface area contributed by atoms with Crippen molar-refractivity contribution in [2.75, 3.05) is 13.2 Å². The van der Waals surface area contributed by atoms with E-state index in [-0.39, 0.29) is 24.8 Å². The summed E-state index contributed by atoms with van der Waals surface area (Å²) in [6.45, 7) is 3.65. The molecule has 1 saturated carbocycles. The number of rotatable bonds is 5. The highest BCUT2D eigenvalue weighted by Crippen LogP contribution is 2.28. The number of carbonyl (C=O) groups is 2. The molecule has 4 nitrogen and oxygen atoms in total. The zero-order chi connectivity index (χ0) is 14.7. The summed E-state index contributed by atoms with van der Waals surface area (Å²) >= 11 is 0. The summed E-state index contributed by atoms with van der Waals surface area (Å²) in [5.41, 5.74) is 0.822. The Labute approximate surface area is 117 Å². The molecule has 20 heavy (non-hydrogen) atoms. The summed E-state index contributed by atoms with van der Waals surface area (Å²) in [6.07, 6.45) is 1.69. The third-order valence-corrected chi connectivity index (χ3v) is 3.21. The second-order valence-electron chi connectivity index (χ2n) is 4.95. The summed E-state index contributed by atoms with van der Waals surface area (Å²) in [5.74, 6) is -1.46. The van der Waals surface area contributed by atoms with Crippen LogP contribution in [0.3, 0.4) is 0 Å². The number of halogens is 1. The van der Waals surface area contributed by atoms with Gasteiger partial charge in [-0.2, -0.15) is 0 Å². The van der Waals surface area contributed by atoms with Crippen LogP contribution in [0.5, 0.6) is 0 Å². The quantitative estimate of drug-likeness (QED) is 0.777. The first-order valence-corrected chi connectivity index (χ1v) is 6.75. The Morgan fingerprint density at radius 3 is 2.70 bits per heavy atom. The standard InChI is InChI=1S/C15H18FNO3/c1-3-20-14(18)9-17(11-5-6-11)15(19)12-8-10(2)4-7-13(12)16/h4,7-8,11H,3,5-6,9H2,1-2H3. The van der Waals surface area contributed by atoms with Crippen LogP contribution < -0.4 is 0 Å². The highest BCUT2D eigenvalue weighted by atomic mass is 19.1. The van der Waals surface area contributed by atoms with Gasteiger partial charge in [-0.25, -0.2) is 4.39 Å². The summed E-state index contributed by atoms with van der Waals surface area (Å²) in [5, 5.41) is 0. The summed E-state index contributed by atoms with van der Waals surface area (Å²) in [6, 6.07) is 4.42. The van der Waals surface area contributed by atoms with Crippen molar-refractivity contribution < 1.29 is 18.7 Å². The van der Waals surface area contributed by atoms with Crippen molar-refractivity contribution in [1.82, 2.24) is 4.90 Å². The van der Waals surface area contributed by atoms with E-state index < -0.39 is 17.7 Å². The van der Waals surface area contributed by atoms with Gasteiger partial charge in [0.1, 0.15) is 12.4 Å². The number of amides is 1. The summed E-state index contributed by atoms with van der Waals surface area (Å²) in [4.78, 5) is 25.4. The molecule has 0 unspecified atom stereocenters. The van der Waals surface area contributed by atoms with Gasteiger partial charge in [-0.05, 0) is 38.8 Å². The fourth-order valence-electron chi connectivity index (χ4n) is 2.06. The first-order valence-electron chi connectivity index (χ1n) is 6.75. The van der Waals surface area contributed by atoms with Gasteiger partial charge in [-0.1, -0.05) is 11.6 Å². The lowest BCUT2D eigenvalue weighted by Crippen LogP contribution is -2.38. The van der Waals surface area contributed by atoms with Crippen molar-refractivity contribution >= 4 is 11.9 Å². The van der Waals surface area contributed by atoms with E-state index in [4.69, 9.17) is 4.74 Å². The van der Waals surface area contributed by atoms with E-state index in [0.29, 0.717) is 0 Å². The van der Waals surface area contributed by atoms with Gasteiger partial charge in [-0.15, -0.1) is 0 Å². The van der Waals surface area contributed by atoms with E-state index in [2.05, 4.69) is 0 Å². The average Bonchev–Trinajstić information content (AvgIpc) is 3.23. The van der Waals surface area contributed by atoms with Crippen LogP contribution in [0.4, 0.5) is 4.39 Å². The molecule has 0 aromatic heterocycles. The number of nitrogens with zero attached hydrogens (tertiary/aromatic N) is 1. The van der Waals surface area contributed by atoms with E-state index in [1.54, 1.807) is 19.9 Å². The molecule has 0 atom stereocenters. The molecule has 0 bridgehead atoms. The number of hydrogen-bond acceptors (Lipinski definition) is 3. The molecule has 1 aromatic rings. The number of aryl methyl sites for hydroxylation is 1. The van der Waals surface area contributed by atoms with Gasteiger partial charge in [0.25, 0.3) is 5.91 Å². The molecule has 0 aliphatic heterocycles. The lowest BCUT2D eigenvalue weighted by atomic mass is 10.1. The van der Waals surface area contributed by atoms with Crippen LogP contribution in [-0.2, 0) is 9.53 Å². The predicted octanol–water partition coefficient (Wildman–Crippen LogP) is 2.30. The molecule has 0 heterocycles. The third-order valence-electron chi connectivity index (χ3n) is 3.21. The fraction of sp³-hybridized carbons (Fsp3) is 0.467. The van der Waals surface area contributed by atoms with E-state index in [1.165, 1.54) is 17.0 Å². The van der Waals surface area contributed by atoms with Crippen LogP contribution in [0.15, 0.2) is 18.2 Å². The third kappa shape index (κ3) is 3.35. The van der Waals surface area contributed by atoms with Crippen LogP contribution in [0.2, 0.25) is 0 Å². The van der Waals surface area contributed by atoms with Gasteiger partial charge >= 0.3 is 5.97 Å². The Balaban J connectivity index is 2.18. The minimum absolute atomic E-state index is 0.0150. The molecule has 2 rings (SSSR count). The van der Waals surface area contributed by atoms with Crippen LogP contribution in [0.25, 0.3) is 0 Å². The maximum Gasteiger partial charge on any atom is 0.325 e. The maximum atomic E-state index is 13.8. The number of hydrogen-bond donors (Lipinski definition) is 0. The number of esters is 1. The molecule has 108 valence electrons. The number of ether oxygens (including phenoxy) is 1. The van der Waals surface area contributed by atoms with Gasteiger partial charge in [0.05, 0.1) is 12.2 Å². The van der Waals surface area contributed by atoms with Crippen LogP contribution in [0, 0.1) is 12.7 Å². The first-order chi connectivity index (χ1) is 9.52. The molecule has 1 aliphatic carbocycles. The van der Waals surface area contributed by atoms with E-state index >= 15 is 0 Å². The minimum Gasteiger partial charge on any atom is -0.465 e. The smallest absolute Gasteiger partial charge is 0.325 e. The van der Waals surface area contributed by atoms with Gasteiger partial charge in [0.15, 0.2) is 0 Å². The van der Waals surface area contributed by atoms with Gasteiger partial charge < -0.3 is 9.64 Å². The molecule has 5 heteroatoms. The molecular weight excluding hydrogens is 261 g/mol. The normalized spacial score (nSPS) is 13.9. The Kier molecular flexibility index (Phi) is 4.37. The van der Waals surface area contributed by atoms with E-state index in [0.717, 1.165) is 18.4 Å². The van der Waals surface area contributed by atoms with Crippen LogP contribution in [-0.4, -0.2) is 36.0 Å². The molecule has 1 amide bonds. The van der Waals surface area contributed by atoms with Crippen molar-refractivity contribution in [2.24, 2.45) is 0 Å². The Bertz CT molecular complexity index is 526. The molecule has 1 fully saturated rings. The Morgan fingerprint density at radius 1 is 1.40 bits per heavy atom. The van der Waals surface area contributed by atoms with E-state index in [9.17, 15) is 14.0 Å². The van der Waals surface area contributed by atoms with Crippen molar-refractivity contribution in [1.29, 1.82) is 0 Å². The van der Waals surface area contributed by atoms with Crippen LogP contribution in [0.1, 0.15) is 35.7 Å². The van der Waals surface area contributed by atoms with Crippen molar-refractivity contribution in [3.63, 3.8) is 0 Å². The Hall–Kier alpha value is -1.91. The van der Waals surface area contributed by atoms with Crippen molar-refractivity contribution in [3.8, 4) is 0 Å². The summed E-state index contributed by atoms with van der Waals surface area (Å²) < 4.78 is 18.6. The zero-order valence-corrected chi connectivity index (χ0v) is 11.7. The maximum absolute atomic E-state index is 13.8. The average molecular weight is 279 g/mol. The molecule has 1 aliphatic rings. The molecule has 0 spiro atoms. The largest absolute Gasteiger partial charge is 0.465 e. The topological polar surface area (TPSA) is 46.6 Å². The van der Waals surface area contributed by atoms with Gasteiger partial charge in [0, 0.05) is 6.04 Å². The summed E-state index contributed by atoms with van der Waals surface area (Å²) in [7, 11) is 0. The lowest BCUT2D eigenvalue weighted by Gasteiger charge is -2.21. The Morgan fingerprint density at radius 2 is 2.10 bits per heavy atom. The SMILES string of the molecule is CCOC(=O)CN(C(=O)c1cc(C)ccc1F)C1CC1. The number of benzene rings is 1. The van der Waals surface area contributed by atoms with Gasteiger partial charge in [0.2, 0.25) is 0 Å². The predicted molar refractivity (Wildman–Crippen MR) is 71.8 cm³/mol. The highest BCUT2D eigenvalue weighted by molar-refractivity contribution is 5.96. The molecule has 0 saturated heterocycles. The minimum atomic E-state index is -0.560. The van der Waals surface area contributed by atoms with Gasteiger partial charge in [-0.3, -0.25) is 9.59 Å². The highest BCUT2D eigenvalue weighted by Gasteiger charge is 2.35. The number of carbonyl (C=O) groups excluding carboxylic acids is 2.